The highest BCUT2D eigenvalue weighted by atomic mass is 35.5. The van der Waals surface area contributed by atoms with Crippen molar-refractivity contribution in [3.63, 3.8) is 0 Å². The zero-order valence-electron chi connectivity index (χ0n) is 21.0. The van der Waals surface area contributed by atoms with Gasteiger partial charge in [-0.1, -0.05) is 77.8 Å². The van der Waals surface area contributed by atoms with Crippen molar-refractivity contribution in [2.75, 3.05) is 11.4 Å². The quantitative estimate of drug-likeness (QED) is 0.353. The van der Waals surface area contributed by atoms with Crippen LogP contribution in [-0.2, 0) is 20.8 Å². The maximum absolute atomic E-state index is 14.6. The number of halogens is 1. The molecule has 0 saturated carbocycles. The first-order valence-corrected chi connectivity index (χ1v) is 13.1. The molecule has 4 atom stereocenters. The van der Waals surface area contributed by atoms with Crippen molar-refractivity contribution >= 4 is 41.0 Å². The minimum Gasteiger partial charge on any atom is -0.300 e. The molecule has 0 radical (unpaired) electrons. The Hall–Kier alpha value is -3.97. The maximum atomic E-state index is 14.6. The number of likely N-dealkylation sites (tertiary alicyclic amines) is 1. The summed E-state index contributed by atoms with van der Waals surface area (Å²) >= 11 is 6.24. The maximum Gasteiger partial charge on any atom is 0.332 e. The van der Waals surface area contributed by atoms with E-state index < -0.39 is 41.3 Å². The molecule has 7 nitrogen and oxygen atoms in total. The van der Waals surface area contributed by atoms with Gasteiger partial charge in [0.15, 0.2) is 0 Å². The molecule has 0 aliphatic carbocycles. The minimum absolute atomic E-state index is 0.107. The van der Waals surface area contributed by atoms with Crippen molar-refractivity contribution in [1.29, 1.82) is 0 Å². The topological polar surface area (TPSA) is 78.0 Å². The summed E-state index contributed by atoms with van der Waals surface area (Å²) in [5.41, 5.74) is 1.29. The number of urea groups is 1. The summed E-state index contributed by atoms with van der Waals surface area (Å²) < 4.78 is 0. The number of fused-ring (bicyclic) bond motifs is 3. The second-order valence-electron chi connectivity index (χ2n) is 10.1. The van der Waals surface area contributed by atoms with Crippen LogP contribution in [0, 0.1) is 18.8 Å². The largest absolute Gasteiger partial charge is 0.332 e. The molecule has 38 heavy (non-hydrogen) atoms. The molecular weight excluding hydrogens is 502 g/mol. The zero-order chi connectivity index (χ0) is 26.8. The fraction of sp³-hybridized carbons (Fsp3) is 0.267. The van der Waals surface area contributed by atoms with Crippen molar-refractivity contribution in [3.8, 4) is 0 Å². The monoisotopic (exact) mass is 527 g/mol. The highest BCUT2D eigenvalue weighted by molar-refractivity contribution is 6.32. The van der Waals surface area contributed by atoms with Gasteiger partial charge in [0.25, 0.3) is 5.91 Å². The summed E-state index contributed by atoms with van der Waals surface area (Å²) in [5.74, 6) is -3.14. The molecule has 3 aromatic rings. The third kappa shape index (κ3) is 3.28. The van der Waals surface area contributed by atoms with Crippen LogP contribution in [0.2, 0.25) is 5.02 Å². The van der Waals surface area contributed by atoms with Gasteiger partial charge in [-0.3, -0.25) is 19.3 Å². The number of anilines is 1. The molecule has 3 saturated heterocycles. The number of aryl methyl sites for hydroxylation is 1. The average Bonchev–Trinajstić information content (AvgIpc) is 3.42. The van der Waals surface area contributed by atoms with Crippen LogP contribution < -0.4 is 4.90 Å². The number of nitrogens with zero attached hydrogens (tertiary/aromatic N) is 3. The lowest BCUT2D eigenvalue weighted by molar-refractivity contribution is -0.144. The summed E-state index contributed by atoms with van der Waals surface area (Å²) in [6.07, 6.45) is 0.107. The second kappa shape index (κ2) is 8.81. The van der Waals surface area contributed by atoms with Crippen LogP contribution in [0.25, 0.3) is 0 Å². The Morgan fingerprint density at radius 3 is 2.24 bits per heavy atom. The van der Waals surface area contributed by atoms with E-state index in [2.05, 4.69) is 0 Å². The molecule has 5 amide bonds. The SMILES string of the molecule is CCN1C(=O)[C@H]2[C@@H](c3ccc(C)cc3)N3C(=O)N(c4cccc(Cl)c4)C(=O)[C@@]3(Cc3ccccc3)[C@H]2C1=O. The van der Waals surface area contributed by atoms with E-state index in [1.165, 1.54) is 9.80 Å². The number of amides is 5. The van der Waals surface area contributed by atoms with E-state index in [0.717, 1.165) is 16.0 Å². The lowest BCUT2D eigenvalue weighted by Crippen LogP contribution is -2.55. The molecule has 192 valence electrons. The molecule has 0 bridgehead atoms. The van der Waals surface area contributed by atoms with Crippen molar-refractivity contribution in [2.24, 2.45) is 11.8 Å². The molecule has 0 aromatic heterocycles. The van der Waals surface area contributed by atoms with Crippen molar-refractivity contribution < 1.29 is 19.2 Å². The van der Waals surface area contributed by atoms with Gasteiger partial charge in [-0.25, -0.2) is 9.69 Å². The third-order valence-corrected chi connectivity index (χ3v) is 8.33. The second-order valence-corrected chi connectivity index (χ2v) is 10.6. The predicted octanol–water partition coefficient (Wildman–Crippen LogP) is 4.77. The first-order chi connectivity index (χ1) is 18.3. The Kier molecular flexibility index (Phi) is 5.65. The Labute approximate surface area is 225 Å². The molecule has 0 spiro atoms. The van der Waals surface area contributed by atoms with E-state index in [4.69, 9.17) is 11.6 Å². The van der Waals surface area contributed by atoms with E-state index >= 15 is 0 Å². The molecule has 8 heteroatoms. The summed E-state index contributed by atoms with van der Waals surface area (Å²) in [6.45, 7) is 3.90. The van der Waals surface area contributed by atoms with E-state index in [9.17, 15) is 19.2 Å². The zero-order valence-corrected chi connectivity index (χ0v) is 21.8. The number of benzene rings is 3. The number of hydrogen-bond donors (Lipinski definition) is 0. The van der Waals surface area contributed by atoms with E-state index in [1.54, 1.807) is 31.2 Å². The number of carbonyl (C=O) groups is 4. The fourth-order valence-electron chi connectivity index (χ4n) is 6.50. The number of carbonyl (C=O) groups excluding carboxylic acids is 4. The average molecular weight is 528 g/mol. The summed E-state index contributed by atoms with van der Waals surface area (Å²) in [5, 5.41) is 0.379. The highest BCUT2D eigenvalue weighted by Gasteiger charge is 2.77. The van der Waals surface area contributed by atoms with Gasteiger partial charge in [-0.2, -0.15) is 0 Å². The molecule has 0 N–H and O–H groups in total. The molecule has 3 aromatic carbocycles. The third-order valence-electron chi connectivity index (χ3n) is 8.09. The predicted molar refractivity (Wildman–Crippen MR) is 142 cm³/mol. The normalized spacial score (nSPS) is 26.4. The van der Waals surface area contributed by atoms with Crippen molar-refractivity contribution in [2.45, 2.75) is 31.8 Å². The van der Waals surface area contributed by atoms with Gasteiger partial charge in [0.2, 0.25) is 11.8 Å². The van der Waals surface area contributed by atoms with Gasteiger partial charge in [-0.05, 0) is 43.2 Å². The Morgan fingerprint density at radius 1 is 0.868 bits per heavy atom. The summed E-state index contributed by atoms with van der Waals surface area (Å²) in [7, 11) is 0. The van der Waals surface area contributed by atoms with Gasteiger partial charge >= 0.3 is 6.03 Å². The van der Waals surface area contributed by atoms with E-state index in [0.29, 0.717) is 16.3 Å². The standard InChI is InChI=1S/C30H26ClN3O4/c1-3-32-26(35)23-24(27(32)36)30(17-19-8-5-4-6-9-19)28(37)33(22-11-7-10-21(31)16-22)29(38)34(30)25(23)20-14-12-18(2)13-15-20/h4-16,23-25H,3,17H2,1-2H3/t23-,24-,25-,30-/m1/s1. The first-order valence-electron chi connectivity index (χ1n) is 12.7. The van der Waals surface area contributed by atoms with Crippen LogP contribution in [0.15, 0.2) is 78.9 Å². The number of rotatable bonds is 5. The fourth-order valence-corrected chi connectivity index (χ4v) is 6.68. The van der Waals surface area contributed by atoms with Gasteiger partial charge in [0.05, 0.1) is 23.6 Å². The summed E-state index contributed by atoms with van der Waals surface area (Å²) in [4.78, 5) is 60.4. The summed E-state index contributed by atoms with van der Waals surface area (Å²) in [6, 6.07) is 22.1. The van der Waals surface area contributed by atoms with Crippen molar-refractivity contribution in [1.82, 2.24) is 9.80 Å². The van der Waals surface area contributed by atoms with E-state index in [1.807, 2.05) is 61.5 Å². The van der Waals surface area contributed by atoms with E-state index in [-0.39, 0.29) is 18.9 Å². The van der Waals surface area contributed by atoms with Crippen LogP contribution in [-0.4, -0.2) is 45.6 Å². The molecule has 0 unspecified atom stereocenters. The lowest BCUT2D eigenvalue weighted by atomic mass is 9.75. The Morgan fingerprint density at radius 2 is 1.58 bits per heavy atom. The van der Waals surface area contributed by atoms with Crippen LogP contribution in [0.1, 0.15) is 29.7 Å². The van der Waals surface area contributed by atoms with Gasteiger partial charge < -0.3 is 4.90 Å². The van der Waals surface area contributed by atoms with Crippen molar-refractivity contribution in [3.05, 3.63) is 101 Å². The van der Waals surface area contributed by atoms with Gasteiger partial charge in [-0.15, -0.1) is 0 Å². The molecular formula is C30H26ClN3O4. The van der Waals surface area contributed by atoms with Gasteiger partial charge in [0, 0.05) is 18.0 Å². The van der Waals surface area contributed by atoms with Crippen LogP contribution in [0.3, 0.4) is 0 Å². The number of hydrogen-bond acceptors (Lipinski definition) is 4. The molecule has 3 fully saturated rings. The molecule has 3 aliphatic rings. The van der Waals surface area contributed by atoms with Crippen LogP contribution >= 0.6 is 11.6 Å². The van der Waals surface area contributed by atoms with Crippen LogP contribution in [0.5, 0.6) is 0 Å². The smallest absolute Gasteiger partial charge is 0.300 e. The molecule has 6 rings (SSSR count). The lowest BCUT2D eigenvalue weighted by Gasteiger charge is -2.35. The Balaban J connectivity index is 1.61. The minimum atomic E-state index is -1.57. The number of imide groups is 2. The van der Waals surface area contributed by atoms with Gasteiger partial charge in [0.1, 0.15) is 5.54 Å². The molecule has 3 aliphatic heterocycles. The van der Waals surface area contributed by atoms with Crippen LogP contribution in [0.4, 0.5) is 10.5 Å². The Bertz CT molecular complexity index is 1470. The molecule has 3 heterocycles. The first kappa shape index (κ1) is 24.4. The highest BCUT2D eigenvalue weighted by Crippen LogP contribution is 2.59.